The van der Waals surface area contributed by atoms with Crippen molar-refractivity contribution >= 4 is 38.3 Å². The third-order valence-electron chi connectivity index (χ3n) is 4.57. The molecule has 3 aromatic rings. The molecular weight excluding hydrogens is 366 g/mol. The normalized spacial score (nSPS) is 16.6. The van der Waals surface area contributed by atoms with E-state index in [1.165, 1.54) is 0 Å². The van der Waals surface area contributed by atoms with Crippen LogP contribution in [0.4, 0.5) is 5.69 Å². The summed E-state index contributed by atoms with van der Waals surface area (Å²) in [6.07, 6.45) is 0.449. The van der Waals surface area contributed by atoms with E-state index in [1.54, 1.807) is 7.11 Å². The summed E-state index contributed by atoms with van der Waals surface area (Å²) in [6.45, 7) is 0. The van der Waals surface area contributed by atoms with Crippen molar-refractivity contribution in [3.63, 3.8) is 0 Å². The molecule has 4 rings (SSSR count). The van der Waals surface area contributed by atoms with E-state index in [0.29, 0.717) is 6.42 Å². The molecule has 3 nitrogen and oxygen atoms in total. The Bertz CT molecular complexity index is 934. The number of anilines is 1. The van der Waals surface area contributed by atoms with Crippen molar-refractivity contribution in [3.05, 3.63) is 70.2 Å². The SMILES string of the molecule is COc1ccc(C2CC(=O)Nc3c2cc(Br)c2ccccc32)cc1. The fourth-order valence-corrected chi connectivity index (χ4v) is 3.98. The second kappa shape index (κ2) is 5.95. The molecule has 24 heavy (non-hydrogen) atoms. The molecule has 1 aliphatic heterocycles. The summed E-state index contributed by atoms with van der Waals surface area (Å²) in [7, 11) is 1.65. The van der Waals surface area contributed by atoms with Gasteiger partial charge in [0.25, 0.3) is 0 Å². The smallest absolute Gasteiger partial charge is 0.225 e. The van der Waals surface area contributed by atoms with Crippen molar-refractivity contribution in [2.75, 3.05) is 12.4 Å². The van der Waals surface area contributed by atoms with Gasteiger partial charge in [-0.05, 0) is 34.7 Å². The number of carbonyl (C=O) groups excluding carboxylic acids is 1. The number of ether oxygens (including phenoxy) is 1. The Hall–Kier alpha value is -2.33. The van der Waals surface area contributed by atoms with Gasteiger partial charge in [-0.15, -0.1) is 0 Å². The predicted octanol–water partition coefficient (Wildman–Crippen LogP) is 5.09. The average molecular weight is 382 g/mol. The first-order chi connectivity index (χ1) is 11.7. The van der Waals surface area contributed by atoms with Gasteiger partial charge in [-0.1, -0.05) is 52.3 Å². The molecule has 4 heteroatoms. The first-order valence-electron chi connectivity index (χ1n) is 7.82. The maximum absolute atomic E-state index is 12.3. The van der Waals surface area contributed by atoms with Gasteiger partial charge in [0, 0.05) is 22.2 Å². The molecule has 0 bridgehead atoms. The summed E-state index contributed by atoms with van der Waals surface area (Å²) >= 11 is 3.68. The summed E-state index contributed by atoms with van der Waals surface area (Å²) in [5, 5.41) is 5.23. The number of benzene rings is 3. The van der Waals surface area contributed by atoms with E-state index in [2.05, 4.69) is 39.4 Å². The number of halogens is 1. The largest absolute Gasteiger partial charge is 0.497 e. The minimum absolute atomic E-state index is 0.0422. The summed E-state index contributed by atoms with van der Waals surface area (Å²) in [6, 6.07) is 18.2. The van der Waals surface area contributed by atoms with Crippen LogP contribution in [-0.4, -0.2) is 13.0 Å². The van der Waals surface area contributed by atoms with Crippen LogP contribution in [-0.2, 0) is 4.79 Å². The number of hydrogen-bond acceptors (Lipinski definition) is 2. The van der Waals surface area contributed by atoms with Crippen LogP contribution in [0.15, 0.2) is 59.1 Å². The van der Waals surface area contributed by atoms with Crippen LogP contribution < -0.4 is 10.1 Å². The Morgan fingerprint density at radius 1 is 1.08 bits per heavy atom. The molecule has 1 unspecified atom stereocenters. The fraction of sp³-hybridized carbons (Fsp3) is 0.150. The molecule has 0 spiro atoms. The number of nitrogens with one attached hydrogen (secondary N) is 1. The minimum Gasteiger partial charge on any atom is -0.497 e. The zero-order valence-corrected chi connectivity index (χ0v) is 14.8. The Labute approximate surface area is 148 Å². The minimum atomic E-state index is 0.0422. The van der Waals surface area contributed by atoms with Gasteiger partial charge in [-0.25, -0.2) is 0 Å². The zero-order valence-electron chi connectivity index (χ0n) is 13.2. The number of rotatable bonds is 2. The zero-order chi connectivity index (χ0) is 16.7. The van der Waals surface area contributed by atoms with E-state index < -0.39 is 0 Å². The number of hydrogen-bond donors (Lipinski definition) is 1. The van der Waals surface area contributed by atoms with Crippen LogP contribution in [0.1, 0.15) is 23.5 Å². The van der Waals surface area contributed by atoms with Crippen molar-refractivity contribution in [1.82, 2.24) is 0 Å². The second-order valence-corrected chi connectivity index (χ2v) is 6.80. The van der Waals surface area contributed by atoms with Gasteiger partial charge < -0.3 is 10.1 Å². The molecule has 3 aromatic carbocycles. The average Bonchev–Trinajstić information content (AvgIpc) is 2.62. The van der Waals surface area contributed by atoms with E-state index >= 15 is 0 Å². The molecule has 0 saturated carbocycles. The Kier molecular flexibility index (Phi) is 3.77. The van der Waals surface area contributed by atoms with E-state index in [-0.39, 0.29) is 11.8 Å². The van der Waals surface area contributed by atoms with Gasteiger partial charge in [0.15, 0.2) is 0 Å². The number of methoxy groups -OCH3 is 1. The van der Waals surface area contributed by atoms with Crippen molar-refractivity contribution in [3.8, 4) is 5.75 Å². The lowest BCUT2D eigenvalue weighted by Crippen LogP contribution is -2.23. The van der Waals surface area contributed by atoms with Gasteiger partial charge in [0.2, 0.25) is 5.91 Å². The monoisotopic (exact) mass is 381 g/mol. The lowest BCUT2D eigenvalue weighted by atomic mass is 9.83. The topological polar surface area (TPSA) is 38.3 Å². The third kappa shape index (κ3) is 2.47. The highest BCUT2D eigenvalue weighted by molar-refractivity contribution is 9.10. The van der Waals surface area contributed by atoms with Gasteiger partial charge in [-0.3, -0.25) is 4.79 Å². The Balaban J connectivity index is 1.91. The highest BCUT2D eigenvalue weighted by Gasteiger charge is 2.28. The summed E-state index contributed by atoms with van der Waals surface area (Å²) in [5.74, 6) is 0.912. The molecule has 1 aliphatic rings. The molecule has 0 fully saturated rings. The van der Waals surface area contributed by atoms with Crippen molar-refractivity contribution in [2.24, 2.45) is 0 Å². The molecule has 1 amide bonds. The standard InChI is InChI=1S/C20H16BrNO2/c1-24-13-8-6-12(7-9-13)16-11-19(23)22-20-15-5-3-2-4-14(15)18(21)10-17(16)20/h2-10,16H,11H2,1H3,(H,22,23). The highest BCUT2D eigenvalue weighted by Crippen LogP contribution is 2.43. The summed E-state index contributed by atoms with van der Waals surface area (Å²) in [5.41, 5.74) is 3.19. The summed E-state index contributed by atoms with van der Waals surface area (Å²) in [4.78, 5) is 12.3. The van der Waals surface area contributed by atoms with Crippen LogP contribution in [0.3, 0.4) is 0 Å². The number of amides is 1. The highest BCUT2D eigenvalue weighted by atomic mass is 79.9. The van der Waals surface area contributed by atoms with Crippen molar-refractivity contribution < 1.29 is 9.53 Å². The summed E-state index contributed by atoms with van der Waals surface area (Å²) < 4.78 is 6.28. The predicted molar refractivity (Wildman–Crippen MR) is 99.7 cm³/mol. The van der Waals surface area contributed by atoms with Gasteiger partial charge in [0.05, 0.1) is 12.8 Å². The Morgan fingerprint density at radius 2 is 1.79 bits per heavy atom. The first kappa shape index (κ1) is 15.2. The van der Waals surface area contributed by atoms with Gasteiger partial charge >= 0.3 is 0 Å². The van der Waals surface area contributed by atoms with Crippen LogP contribution >= 0.6 is 15.9 Å². The van der Waals surface area contributed by atoms with Crippen molar-refractivity contribution in [1.29, 1.82) is 0 Å². The number of fused-ring (bicyclic) bond motifs is 3. The molecule has 1 heterocycles. The van der Waals surface area contributed by atoms with Crippen LogP contribution in [0.5, 0.6) is 5.75 Å². The quantitative estimate of drug-likeness (QED) is 0.671. The van der Waals surface area contributed by atoms with E-state index in [0.717, 1.165) is 37.8 Å². The van der Waals surface area contributed by atoms with Gasteiger partial charge in [0.1, 0.15) is 5.75 Å². The van der Waals surface area contributed by atoms with Crippen LogP contribution in [0.2, 0.25) is 0 Å². The molecule has 1 atom stereocenters. The fourth-order valence-electron chi connectivity index (χ4n) is 3.39. The van der Waals surface area contributed by atoms with E-state index in [4.69, 9.17) is 4.74 Å². The maximum atomic E-state index is 12.3. The molecule has 0 aliphatic carbocycles. The van der Waals surface area contributed by atoms with Crippen LogP contribution in [0, 0.1) is 0 Å². The van der Waals surface area contributed by atoms with E-state index in [9.17, 15) is 4.79 Å². The number of carbonyl (C=O) groups is 1. The Morgan fingerprint density at radius 3 is 2.50 bits per heavy atom. The lowest BCUT2D eigenvalue weighted by Gasteiger charge is -2.28. The molecule has 0 aromatic heterocycles. The third-order valence-corrected chi connectivity index (χ3v) is 5.23. The van der Waals surface area contributed by atoms with E-state index in [1.807, 2.05) is 36.4 Å². The maximum Gasteiger partial charge on any atom is 0.225 e. The molecule has 0 saturated heterocycles. The van der Waals surface area contributed by atoms with Crippen molar-refractivity contribution in [2.45, 2.75) is 12.3 Å². The molecule has 1 N–H and O–H groups in total. The molecular formula is C20H16BrNO2. The lowest BCUT2D eigenvalue weighted by molar-refractivity contribution is -0.116. The second-order valence-electron chi connectivity index (χ2n) is 5.95. The molecule has 120 valence electrons. The first-order valence-corrected chi connectivity index (χ1v) is 8.61. The molecule has 0 radical (unpaired) electrons. The van der Waals surface area contributed by atoms with Gasteiger partial charge in [-0.2, -0.15) is 0 Å². The van der Waals surface area contributed by atoms with Crippen LogP contribution in [0.25, 0.3) is 10.8 Å².